The molecule has 11 aromatic carbocycles. The van der Waals surface area contributed by atoms with Gasteiger partial charge in [0.2, 0.25) is 0 Å². The Morgan fingerprint density at radius 3 is 0.986 bits per heavy atom. The molecule has 4 heteroatoms. The fourth-order valence-corrected chi connectivity index (χ4v) is 11.2. The standard InChI is InChI=1S/C67H42N4/c68-43-52-42-59-54-28-16-17-29-60(54)69(53-26-14-5-15-27-53)66(59)67(71-63-36-32-50(46-22-10-3-11-23-46)40-57(63)58-41-51(33-37-64(58)71)47-24-12-4-13-25-47)65(52)70-61-34-30-48(44-18-6-1-7-19-44)38-55(61)56-39-49(31-35-62(56)70)45-20-8-2-9-21-45/h1-42H. The lowest BCUT2D eigenvalue weighted by molar-refractivity contribution is 1.08. The van der Waals surface area contributed by atoms with Crippen molar-refractivity contribution < 1.29 is 0 Å². The summed E-state index contributed by atoms with van der Waals surface area (Å²) in [5.41, 5.74) is 18.7. The van der Waals surface area contributed by atoms with Crippen molar-refractivity contribution in [2.24, 2.45) is 0 Å². The zero-order chi connectivity index (χ0) is 47.0. The van der Waals surface area contributed by atoms with Crippen LogP contribution in [0.25, 0.3) is 127 Å². The van der Waals surface area contributed by atoms with Crippen LogP contribution in [-0.2, 0) is 0 Å². The van der Waals surface area contributed by atoms with Crippen LogP contribution in [0.2, 0.25) is 0 Å². The van der Waals surface area contributed by atoms with Crippen molar-refractivity contribution in [3.05, 3.63) is 260 Å². The van der Waals surface area contributed by atoms with Gasteiger partial charge in [0.05, 0.1) is 50.0 Å². The zero-order valence-corrected chi connectivity index (χ0v) is 38.5. The topological polar surface area (TPSA) is 38.6 Å². The molecular formula is C67H42N4. The van der Waals surface area contributed by atoms with E-state index in [1.807, 2.05) is 0 Å². The van der Waals surface area contributed by atoms with Gasteiger partial charge in [-0.05, 0) is 117 Å². The van der Waals surface area contributed by atoms with Crippen LogP contribution in [0.3, 0.4) is 0 Å². The van der Waals surface area contributed by atoms with E-state index in [2.05, 4.69) is 275 Å². The van der Waals surface area contributed by atoms with Gasteiger partial charge in [-0.3, -0.25) is 0 Å². The van der Waals surface area contributed by atoms with Crippen LogP contribution in [0.1, 0.15) is 5.56 Å². The van der Waals surface area contributed by atoms with Crippen LogP contribution in [0.5, 0.6) is 0 Å². The second-order valence-electron chi connectivity index (χ2n) is 18.4. The molecule has 0 aliphatic heterocycles. The summed E-state index contributed by atoms with van der Waals surface area (Å²) < 4.78 is 7.25. The summed E-state index contributed by atoms with van der Waals surface area (Å²) in [6.07, 6.45) is 0. The van der Waals surface area contributed by atoms with Crippen molar-refractivity contribution in [1.82, 2.24) is 13.7 Å². The van der Waals surface area contributed by atoms with E-state index in [0.717, 1.165) is 127 Å². The van der Waals surface area contributed by atoms with Gasteiger partial charge < -0.3 is 13.7 Å². The van der Waals surface area contributed by atoms with E-state index >= 15 is 0 Å². The number of rotatable bonds is 7. The largest absolute Gasteiger partial charge is 0.307 e. The minimum absolute atomic E-state index is 0.582. The lowest BCUT2D eigenvalue weighted by atomic mass is 10.0. The Hall–Kier alpha value is -9.69. The molecule has 0 radical (unpaired) electrons. The molecule has 3 heterocycles. The SMILES string of the molecule is N#Cc1cc2c3ccccc3n(-c3ccccc3)c2c(-n2c3ccc(-c4ccccc4)cc3c3cc(-c4ccccc4)ccc32)c1-n1c2ccc(-c3ccccc3)cc2c2cc(-c3ccccc3)ccc21. The molecule has 330 valence electrons. The number of nitrogens with zero attached hydrogens (tertiary/aromatic N) is 4. The first-order chi connectivity index (χ1) is 35.2. The highest BCUT2D eigenvalue weighted by molar-refractivity contribution is 6.19. The highest BCUT2D eigenvalue weighted by Gasteiger charge is 2.29. The molecule has 0 saturated carbocycles. The molecule has 0 saturated heterocycles. The van der Waals surface area contributed by atoms with E-state index < -0.39 is 0 Å². The summed E-state index contributed by atoms with van der Waals surface area (Å²) in [5.74, 6) is 0. The predicted molar refractivity (Wildman–Crippen MR) is 296 cm³/mol. The number of benzene rings is 11. The third kappa shape index (κ3) is 6.38. The van der Waals surface area contributed by atoms with Crippen LogP contribution < -0.4 is 0 Å². The first kappa shape index (κ1) is 40.4. The molecule has 3 aromatic heterocycles. The van der Waals surface area contributed by atoms with E-state index in [4.69, 9.17) is 0 Å². The number of aromatic nitrogens is 3. The number of hydrogen-bond acceptors (Lipinski definition) is 1. The predicted octanol–water partition coefficient (Wildman–Crippen LogP) is 17.5. The third-order valence-corrected chi connectivity index (χ3v) is 14.4. The molecule has 0 atom stereocenters. The maximum Gasteiger partial charge on any atom is 0.101 e. The fourth-order valence-electron chi connectivity index (χ4n) is 11.2. The molecule has 0 N–H and O–H groups in total. The summed E-state index contributed by atoms with van der Waals surface area (Å²) in [5, 5.41) is 18.4. The summed E-state index contributed by atoms with van der Waals surface area (Å²) in [6.45, 7) is 0. The van der Waals surface area contributed by atoms with E-state index in [0.29, 0.717) is 5.56 Å². The molecule has 0 aliphatic carbocycles. The van der Waals surface area contributed by atoms with Crippen LogP contribution in [0, 0.1) is 11.3 Å². The van der Waals surface area contributed by atoms with Gasteiger partial charge in [-0.15, -0.1) is 0 Å². The normalized spacial score (nSPS) is 11.6. The van der Waals surface area contributed by atoms with Gasteiger partial charge in [0, 0.05) is 38.0 Å². The Bertz CT molecular complexity index is 4230. The van der Waals surface area contributed by atoms with Gasteiger partial charge in [-0.1, -0.05) is 182 Å². The molecule has 0 fully saturated rings. The summed E-state index contributed by atoms with van der Waals surface area (Å²) in [6, 6.07) is 94.2. The highest BCUT2D eigenvalue weighted by Crippen LogP contribution is 2.47. The minimum Gasteiger partial charge on any atom is -0.307 e. The maximum atomic E-state index is 11.8. The Morgan fingerprint density at radius 1 is 0.254 bits per heavy atom. The Kier molecular flexibility index (Phi) is 9.23. The number of para-hydroxylation sites is 2. The van der Waals surface area contributed by atoms with Gasteiger partial charge in [-0.2, -0.15) is 5.26 Å². The highest BCUT2D eigenvalue weighted by atomic mass is 15.1. The van der Waals surface area contributed by atoms with Gasteiger partial charge in [0.15, 0.2) is 0 Å². The lowest BCUT2D eigenvalue weighted by Crippen LogP contribution is -2.09. The molecule has 14 aromatic rings. The summed E-state index contributed by atoms with van der Waals surface area (Å²) in [4.78, 5) is 0. The van der Waals surface area contributed by atoms with Crippen molar-refractivity contribution in [1.29, 1.82) is 5.26 Å². The number of hydrogen-bond donors (Lipinski definition) is 0. The van der Waals surface area contributed by atoms with Crippen molar-refractivity contribution >= 4 is 65.4 Å². The first-order valence-electron chi connectivity index (χ1n) is 24.1. The molecule has 0 aliphatic rings. The lowest BCUT2D eigenvalue weighted by Gasteiger charge is -2.21. The van der Waals surface area contributed by atoms with E-state index in [1.54, 1.807) is 0 Å². The van der Waals surface area contributed by atoms with Gasteiger partial charge in [0.1, 0.15) is 6.07 Å². The Balaban J connectivity index is 1.19. The number of fused-ring (bicyclic) bond motifs is 9. The number of nitriles is 1. The van der Waals surface area contributed by atoms with E-state index in [1.165, 1.54) is 0 Å². The van der Waals surface area contributed by atoms with Crippen molar-refractivity contribution in [3.63, 3.8) is 0 Å². The van der Waals surface area contributed by atoms with Crippen molar-refractivity contribution in [3.8, 4) is 67.6 Å². The Labute approximate surface area is 410 Å². The second-order valence-corrected chi connectivity index (χ2v) is 18.4. The molecule has 14 rings (SSSR count). The summed E-state index contributed by atoms with van der Waals surface area (Å²) >= 11 is 0. The van der Waals surface area contributed by atoms with Gasteiger partial charge in [0.25, 0.3) is 0 Å². The molecule has 71 heavy (non-hydrogen) atoms. The smallest absolute Gasteiger partial charge is 0.101 e. The molecule has 0 spiro atoms. The van der Waals surface area contributed by atoms with Crippen LogP contribution in [0.4, 0.5) is 0 Å². The van der Waals surface area contributed by atoms with Crippen LogP contribution in [-0.4, -0.2) is 13.7 Å². The van der Waals surface area contributed by atoms with Crippen LogP contribution in [0.15, 0.2) is 255 Å². The average molecular weight is 903 g/mol. The van der Waals surface area contributed by atoms with E-state index in [9.17, 15) is 5.26 Å². The molecule has 4 nitrogen and oxygen atoms in total. The molecule has 0 unspecified atom stereocenters. The van der Waals surface area contributed by atoms with Crippen molar-refractivity contribution in [2.45, 2.75) is 0 Å². The molecule has 0 amide bonds. The van der Waals surface area contributed by atoms with Gasteiger partial charge >= 0.3 is 0 Å². The first-order valence-corrected chi connectivity index (χ1v) is 24.1. The minimum atomic E-state index is 0.582. The maximum absolute atomic E-state index is 11.8. The monoisotopic (exact) mass is 902 g/mol. The van der Waals surface area contributed by atoms with Crippen LogP contribution >= 0.6 is 0 Å². The molecule has 0 bridgehead atoms. The average Bonchev–Trinajstić information content (AvgIpc) is 4.08. The van der Waals surface area contributed by atoms with Gasteiger partial charge in [-0.25, -0.2) is 0 Å². The second kappa shape index (κ2) is 16.2. The quantitative estimate of drug-likeness (QED) is 0.157. The fraction of sp³-hybridized carbons (Fsp3) is 0. The van der Waals surface area contributed by atoms with Crippen molar-refractivity contribution in [2.75, 3.05) is 0 Å². The summed E-state index contributed by atoms with van der Waals surface area (Å²) in [7, 11) is 0. The van der Waals surface area contributed by atoms with E-state index in [-0.39, 0.29) is 0 Å². The Morgan fingerprint density at radius 2 is 0.592 bits per heavy atom. The third-order valence-electron chi connectivity index (χ3n) is 14.4. The zero-order valence-electron chi connectivity index (χ0n) is 38.5. The molecular weight excluding hydrogens is 861 g/mol.